The van der Waals surface area contributed by atoms with Gasteiger partial charge in [0.05, 0.1) is 16.8 Å². The number of oxazole rings is 1. The Kier molecular flexibility index (Phi) is 2.11. The van der Waals surface area contributed by atoms with Crippen LogP contribution in [0.25, 0.3) is 22.6 Å². The van der Waals surface area contributed by atoms with E-state index < -0.39 is 0 Å². The van der Waals surface area contributed by atoms with E-state index in [0.29, 0.717) is 16.5 Å². The molecule has 2 heterocycles. The SMILES string of the molecule is Clc1ccccc1-c1nc2cnccc2o1. The number of benzene rings is 1. The Morgan fingerprint density at radius 3 is 2.81 bits per heavy atom. The molecule has 3 rings (SSSR count). The van der Waals surface area contributed by atoms with Gasteiger partial charge in [-0.15, -0.1) is 0 Å². The molecule has 0 N–H and O–H groups in total. The molecule has 16 heavy (non-hydrogen) atoms. The summed E-state index contributed by atoms with van der Waals surface area (Å²) in [6, 6.07) is 9.23. The van der Waals surface area contributed by atoms with E-state index in [-0.39, 0.29) is 0 Å². The fourth-order valence-electron chi connectivity index (χ4n) is 1.53. The maximum absolute atomic E-state index is 6.07. The van der Waals surface area contributed by atoms with E-state index in [1.807, 2.05) is 24.3 Å². The average molecular weight is 231 g/mol. The first-order valence-electron chi connectivity index (χ1n) is 4.80. The van der Waals surface area contributed by atoms with E-state index in [1.54, 1.807) is 18.5 Å². The minimum absolute atomic E-state index is 0.522. The van der Waals surface area contributed by atoms with Gasteiger partial charge in [-0.2, -0.15) is 0 Å². The van der Waals surface area contributed by atoms with Gasteiger partial charge in [-0.3, -0.25) is 4.98 Å². The summed E-state index contributed by atoms with van der Waals surface area (Å²) in [4.78, 5) is 8.32. The molecule has 0 bridgehead atoms. The normalized spacial score (nSPS) is 10.8. The molecule has 78 valence electrons. The number of pyridine rings is 1. The molecular formula is C12H7ClN2O. The van der Waals surface area contributed by atoms with Gasteiger partial charge in [-0.25, -0.2) is 4.98 Å². The van der Waals surface area contributed by atoms with Crippen LogP contribution in [0.15, 0.2) is 47.1 Å². The van der Waals surface area contributed by atoms with Crippen molar-refractivity contribution in [1.29, 1.82) is 0 Å². The number of halogens is 1. The first kappa shape index (κ1) is 9.36. The lowest BCUT2D eigenvalue weighted by Crippen LogP contribution is -1.77. The van der Waals surface area contributed by atoms with Crippen molar-refractivity contribution in [2.75, 3.05) is 0 Å². The highest BCUT2D eigenvalue weighted by Crippen LogP contribution is 2.29. The summed E-state index contributed by atoms with van der Waals surface area (Å²) in [5.41, 5.74) is 2.24. The van der Waals surface area contributed by atoms with Crippen LogP contribution in [0.2, 0.25) is 5.02 Å². The van der Waals surface area contributed by atoms with Gasteiger partial charge in [-0.1, -0.05) is 23.7 Å². The Morgan fingerprint density at radius 2 is 2.00 bits per heavy atom. The molecule has 2 aromatic heterocycles. The lowest BCUT2D eigenvalue weighted by Gasteiger charge is -1.96. The zero-order valence-electron chi connectivity index (χ0n) is 8.22. The summed E-state index contributed by atoms with van der Waals surface area (Å²) in [6.45, 7) is 0. The molecule has 0 unspecified atom stereocenters. The number of fused-ring (bicyclic) bond motifs is 1. The Hall–Kier alpha value is -1.87. The van der Waals surface area contributed by atoms with Gasteiger partial charge >= 0.3 is 0 Å². The summed E-state index contributed by atoms with van der Waals surface area (Å²) in [6.07, 6.45) is 3.34. The van der Waals surface area contributed by atoms with Gasteiger partial charge in [0.1, 0.15) is 5.52 Å². The molecule has 0 atom stereocenters. The minimum atomic E-state index is 0.522. The second-order valence-corrected chi connectivity index (χ2v) is 3.75. The number of rotatable bonds is 1. The number of nitrogens with zero attached hydrogens (tertiary/aromatic N) is 2. The van der Waals surface area contributed by atoms with Crippen molar-refractivity contribution in [3.63, 3.8) is 0 Å². The topological polar surface area (TPSA) is 38.9 Å². The second kappa shape index (κ2) is 3.61. The van der Waals surface area contributed by atoms with Gasteiger partial charge in [0.25, 0.3) is 0 Å². The summed E-state index contributed by atoms with van der Waals surface area (Å²) in [5, 5.41) is 0.627. The summed E-state index contributed by atoms with van der Waals surface area (Å²) in [5.74, 6) is 0.522. The highest BCUT2D eigenvalue weighted by atomic mass is 35.5. The fourth-order valence-corrected chi connectivity index (χ4v) is 1.75. The predicted octanol–water partition coefficient (Wildman–Crippen LogP) is 3.54. The first-order chi connectivity index (χ1) is 7.84. The van der Waals surface area contributed by atoms with Gasteiger partial charge < -0.3 is 4.42 Å². The lowest BCUT2D eigenvalue weighted by molar-refractivity contribution is 0.619. The number of hydrogen-bond acceptors (Lipinski definition) is 3. The van der Waals surface area contributed by atoms with E-state index in [1.165, 1.54) is 0 Å². The average Bonchev–Trinajstić information content (AvgIpc) is 2.73. The van der Waals surface area contributed by atoms with Crippen LogP contribution < -0.4 is 0 Å². The van der Waals surface area contributed by atoms with Gasteiger partial charge in [0.15, 0.2) is 5.58 Å². The fraction of sp³-hybridized carbons (Fsp3) is 0. The molecule has 0 amide bonds. The van der Waals surface area contributed by atoms with E-state index in [0.717, 1.165) is 11.1 Å². The smallest absolute Gasteiger partial charge is 0.228 e. The third kappa shape index (κ3) is 1.46. The van der Waals surface area contributed by atoms with Crippen molar-refractivity contribution in [2.24, 2.45) is 0 Å². The zero-order valence-corrected chi connectivity index (χ0v) is 8.98. The lowest BCUT2D eigenvalue weighted by atomic mass is 10.2. The van der Waals surface area contributed by atoms with Crippen molar-refractivity contribution < 1.29 is 4.42 Å². The van der Waals surface area contributed by atoms with Crippen molar-refractivity contribution >= 4 is 22.7 Å². The molecule has 0 saturated carbocycles. The van der Waals surface area contributed by atoms with Crippen molar-refractivity contribution in [2.45, 2.75) is 0 Å². The predicted molar refractivity (Wildman–Crippen MR) is 62.3 cm³/mol. The maximum Gasteiger partial charge on any atom is 0.228 e. The minimum Gasteiger partial charge on any atom is -0.436 e. The third-order valence-electron chi connectivity index (χ3n) is 2.29. The highest BCUT2D eigenvalue weighted by molar-refractivity contribution is 6.33. The summed E-state index contributed by atoms with van der Waals surface area (Å²) in [7, 11) is 0. The van der Waals surface area contributed by atoms with Crippen LogP contribution in [-0.4, -0.2) is 9.97 Å². The van der Waals surface area contributed by atoms with Crippen LogP contribution >= 0.6 is 11.6 Å². The number of aromatic nitrogens is 2. The van der Waals surface area contributed by atoms with E-state index >= 15 is 0 Å². The molecule has 0 spiro atoms. The Balaban J connectivity index is 2.23. The molecule has 3 nitrogen and oxygen atoms in total. The summed E-state index contributed by atoms with van der Waals surface area (Å²) < 4.78 is 5.60. The van der Waals surface area contributed by atoms with Crippen molar-refractivity contribution in [3.05, 3.63) is 47.7 Å². The van der Waals surface area contributed by atoms with Gasteiger partial charge in [0.2, 0.25) is 5.89 Å². The maximum atomic E-state index is 6.07. The summed E-state index contributed by atoms with van der Waals surface area (Å²) >= 11 is 6.07. The first-order valence-corrected chi connectivity index (χ1v) is 5.18. The van der Waals surface area contributed by atoms with Crippen LogP contribution in [0.5, 0.6) is 0 Å². The standard InChI is InChI=1S/C12H7ClN2O/c13-9-4-2-1-3-8(9)12-15-10-7-14-6-5-11(10)16-12/h1-7H. The van der Waals surface area contributed by atoms with Crippen molar-refractivity contribution in [3.8, 4) is 11.5 Å². The molecule has 0 fully saturated rings. The monoisotopic (exact) mass is 230 g/mol. The number of hydrogen-bond donors (Lipinski definition) is 0. The van der Waals surface area contributed by atoms with E-state index in [4.69, 9.17) is 16.0 Å². The molecular weight excluding hydrogens is 224 g/mol. The Bertz CT molecular complexity index is 615. The third-order valence-corrected chi connectivity index (χ3v) is 2.62. The van der Waals surface area contributed by atoms with Crippen LogP contribution in [0.1, 0.15) is 0 Å². The van der Waals surface area contributed by atoms with Crippen LogP contribution in [0.4, 0.5) is 0 Å². The molecule has 4 heteroatoms. The molecule has 1 aromatic carbocycles. The molecule has 3 aromatic rings. The van der Waals surface area contributed by atoms with Crippen LogP contribution in [0, 0.1) is 0 Å². The largest absolute Gasteiger partial charge is 0.436 e. The second-order valence-electron chi connectivity index (χ2n) is 3.34. The van der Waals surface area contributed by atoms with Gasteiger partial charge in [-0.05, 0) is 12.1 Å². The Morgan fingerprint density at radius 1 is 1.12 bits per heavy atom. The van der Waals surface area contributed by atoms with Crippen LogP contribution in [0.3, 0.4) is 0 Å². The zero-order chi connectivity index (χ0) is 11.0. The molecule has 0 radical (unpaired) electrons. The molecule has 0 saturated heterocycles. The quantitative estimate of drug-likeness (QED) is 0.642. The van der Waals surface area contributed by atoms with E-state index in [2.05, 4.69) is 9.97 Å². The van der Waals surface area contributed by atoms with Crippen LogP contribution in [-0.2, 0) is 0 Å². The molecule has 0 aliphatic rings. The highest BCUT2D eigenvalue weighted by Gasteiger charge is 2.10. The van der Waals surface area contributed by atoms with Crippen molar-refractivity contribution in [1.82, 2.24) is 9.97 Å². The molecule has 0 aliphatic heterocycles. The molecule has 0 aliphatic carbocycles. The Labute approximate surface area is 96.7 Å². The van der Waals surface area contributed by atoms with Gasteiger partial charge in [0, 0.05) is 12.3 Å². The van der Waals surface area contributed by atoms with E-state index in [9.17, 15) is 0 Å².